The molecular formula is C15H16N2O2. The van der Waals surface area contributed by atoms with Crippen LogP contribution < -0.4 is 14.8 Å². The molecule has 0 saturated carbocycles. The normalized spacial score (nSPS) is 12.6. The minimum atomic E-state index is 0.320. The van der Waals surface area contributed by atoms with Crippen molar-refractivity contribution in [3.8, 4) is 11.5 Å². The molecule has 0 spiro atoms. The van der Waals surface area contributed by atoms with Gasteiger partial charge in [-0.3, -0.25) is 4.98 Å². The van der Waals surface area contributed by atoms with Crippen LogP contribution in [0.2, 0.25) is 0 Å². The van der Waals surface area contributed by atoms with Gasteiger partial charge in [-0.05, 0) is 18.2 Å². The smallest absolute Gasteiger partial charge is 0.231 e. The fraction of sp³-hybridized carbons (Fsp3) is 0.267. The van der Waals surface area contributed by atoms with Gasteiger partial charge >= 0.3 is 0 Å². The molecule has 0 saturated heterocycles. The summed E-state index contributed by atoms with van der Waals surface area (Å²) in [4.78, 5) is 4.30. The molecule has 19 heavy (non-hydrogen) atoms. The fourth-order valence-electron chi connectivity index (χ4n) is 2.12. The van der Waals surface area contributed by atoms with Crippen molar-refractivity contribution in [2.45, 2.75) is 13.0 Å². The van der Waals surface area contributed by atoms with Crippen molar-refractivity contribution in [2.75, 3.05) is 13.3 Å². The van der Waals surface area contributed by atoms with Gasteiger partial charge in [-0.1, -0.05) is 18.2 Å². The van der Waals surface area contributed by atoms with Crippen molar-refractivity contribution in [3.63, 3.8) is 0 Å². The number of nitrogens with one attached hydrogen (secondary N) is 1. The number of hydrogen-bond acceptors (Lipinski definition) is 4. The first kappa shape index (κ1) is 12.0. The number of benzene rings is 1. The minimum Gasteiger partial charge on any atom is -0.454 e. The first-order valence-electron chi connectivity index (χ1n) is 6.41. The number of hydrogen-bond donors (Lipinski definition) is 1. The lowest BCUT2D eigenvalue weighted by Crippen LogP contribution is -2.17. The van der Waals surface area contributed by atoms with Gasteiger partial charge in [0.15, 0.2) is 11.5 Å². The Kier molecular flexibility index (Phi) is 3.61. The summed E-state index contributed by atoms with van der Waals surface area (Å²) in [5.41, 5.74) is 2.24. The summed E-state index contributed by atoms with van der Waals surface area (Å²) in [7, 11) is 0. The van der Waals surface area contributed by atoms with E-state index in [2.05, 4.69) is 16.4 Å². The van der Waals surface area contributed by atoms with Gasteiger partial charge in [-0.2, -0.15) is 0 Å². The van der Waals surface area contributed by atoms with Gasteiger partial charge in [-0.15, -0.1) is 0 Å². The third kappa shape index (κ3) is 2.85. The molecule has 4 nitrogen and oxygen atoms in total. The van der Waals surface area contributed by atoms with E-state index in [0.29, 0.717) is 6.79 Å². The fourth-order valence-corrected chi connectivity index (χ4v) is 2.12. The molecule has 0 bridgehead atoms. The third-order valence-electron chi connectivity index (χ3n) is 3.08. The summed E-state index contributed by atoms with van der Waals surface area (Å²) < 4.78 is 10.8. The van der Waals surface area contributed by atoms with Crippen molar-refractivity contribution in [3.05, 3.63) is 53.9 Å². The van der Waals surface area contributed by atoms with Crippen LogP contribution in [-0.2, 0) is 13.0 Å². The van der Waals surface area contributed by atoms with Crippen molar-refractivity contribution in [2.24, 2.45) is 0 Å². The highest BCUT2D eigenvalue weighted by Crippen LogP contribution is 2.35. The number of nitrogens with zero attached hydrogens (tertiary/aromatic N) is 1. The van der Waals surface area contributed by atoms with E-state index in [1.807, 2.05) is 36.5 Å². The zero-order valence-corrected chi connectivity index (χ0v) is 10.6. The molecule has 0 fully saturated rings. The Hall–Kier alpha value is -2.07. The van der Waals surface area contributed by atoms with Gasteiger partial charge in [0.05, 0.1) is 0 Å². The lowest BCUT2D eigenvalue weighted by Gasteiger charge is -2.07. The lowest BCUT2D eigenvalue weighted by atomic mass is 10.2. The van der Waals surface area contributed by atoms with Crippen molar-refractivity contribution in [1.82, 2.24) is 10.3 Å². The molecule has 0 atom stereocenters. The van der Waals surface area contributed by atoms with Gasteiger partial charge in [0.1, 0.15) is 0 Å². The second kappa shape index (κ2) is 5.71. The van der Waals surface area contributed by atoms with E-state index < -0.39 is 0 Å². The van der Waals surface area contributed by atoms with Crippen LogP contribution in [0.1, 0.15) is 11.3 Å². The van der Waals surface area contributed by atoms with Crippen LogP contribution in [-0.4, -0.2) is 18.3 Å². The highest BCUT2D eigenvalue weighted by atomic mass is 16.7. The largest absolute Gasteiger partial charge is 0.454 e. The SMILES string of the molecule is c1ccc(CCNCc2cccc3c2OCO3)nc1. The molecule has 4 heteroatoms. The summed E-state index contributed by atoms with van der Waals surface area (Å²) in [6.45, 7) is 1.99. The molecular weight excluding hydrogens is 240 g/mol. The van der Waals surface area contributed by atoms with Crippen LogP contribution in [0.3, 0.4) is 0 Å². The molecule has 1 aliphatic heterocycles. The van der Waals surface area contributed by atoms with Crippen molar-refractivity contribution in [1.29, 1.82) is 0 Å². The molecule has 0 unspecified atom stereocenters. The monoisotopic (exact) mass is 256 g/mol. The van der Waals surface area contributed by atoms with E-state index in [4.69, 9.17) is 9.47 Å². The Morgan fingerprint density at radius 3 is 3.00 bits per heavy atom. The first-order chi connectivity index (χ1) is 9.43. The van der Waals surface area contributed by atoms with Crippen LogP contribution in [0, 0.1) is 0 Å². The van der Waals surface area contributed by atoms with Gasteiger partial charge in [0.25, 0.3) is 0 Å². The highest BCUT2D eigenvalue weighted by Gasteiger charge is 2.16. The Balaban J connectivity index is 1.52. The van der Waals surface area contributed by atoms with Crippen LogP contribution >= 0.6 is 0 Å². The van der Waals surface area contributed by atoms with Crippen LogP contribution in [0.25, 0.3) is 0 Å². The lowest BCUT2D eigenvalue weighted by molar-refractivity contribution is 0.173. The molecule has 2 heterocycles. The van der Waals surface area contributed by atoms with Crippen LogP contribution in [0.15, 0.2) is 42.6 Å². The molecule has 2 aromatic rings. The van der Waals surface area contributed by atoms with Crippen LogP contribution in [0.5, 0.6) is 11.5 Å². The molecule has 0 aliphatic carbocycles. The molecule has 1 aromatic carbocycles. The molecule has 3 rings (SSSR count). The number of para-hydroxylation sites is 1. The Labute approximate surface area is 112 Å². The minimum absolute atomic E-state index is 0.320. The number of ether oxygens (including phenoxy) is 2. The Bertz CT molecular complexity index is 543. The van der Waals surface area contributed by atoms with E-state index in [1.54, 1.807) is 0 Å². The number of rotatable bonds is 5. The zero-order valence-electron chi connectivity index (χ0n) is 10.6. The predicted molar refractivity (Wildman–Crippen MR) is 72.2 cm³/mol. The Morgan fingerprint density at radius 2 is 2.11 bits per heavy atom. The topological polar surface area (TPSA) is 43.4 Å². The second-order valence-corrected chi connectivity index (χ2v) is 4.40. The summed E-state index contributed by atoms with van der Waals surface area (Å²) >= 11 is 0. The van der Waals surface area contributed by atoms with Crippen molar-refractivity contribution >= 4 is 0 Å². The molecule has 1 N–H and O–H groups in total. The highest BCUT2D eigenvalue weighted by molar-refractivity contribution is 5.48. The van der Waals surface area contributed by atoms with E-state index in [0.717, 1.165) is 42.3 Å². The number of aromatic nitrogens is 1. The summed E-state index contributed by atoms with van der Waals surface area (Å²) in [5.74, 6) is 1.71. The second-order valence-electron chi connectivity index (χ2n) is 4.40. The van der Waals surface area contributed by atoms with E-state index >= 15 is 0 Å². The van der Waals surface area contributed by atoms with E-state index in [1.165, 1.54) is 0 Å². The van der Waals surface area contributed by atoms with Crippen LogP contribution in [0.4, 0.5) is 0 Å². The summed E-state index contributed by atoms with van der Waals surface area (Å²) in [6.07, 6.45) is 2.75. The first-order valence-corrected chi connectivity index (χ1v) is 6.41. The van der Waals surface area contributed by atoms with Gasteiger partial charge in [0.2, 0.25) is 6.79 Å². The zero-order chi connectivity index (χ0) is 12.9. The summed E-state index contributed by atoms with van der Waals surface area (Å²) in [6, 6.07) is 12.0. The number of fused-ring (bicyclic) bond motifs is 1. The summed E-state index contributed by atoms with van der Waals surface area (Å²) in [5, 5.41) is 3.40. The Morgan fingerprint density at radius 1 is 1.11 bits per heavy atom. The van der Waals surface area contributed by atoms with Crippen molar-refractivity contribution < 1.29 is 9.47 Å². The van der Waals surface area contributed by atoms with E-state index in [-0.39, 0.29) is 0 Å². The van der Waals surface area contributed by atoms with E-state index in [9.17, 15) is 0 Å². The maximum Gasteiger partial charge on any atom is 0.231 e. The molecule has 0 radical (unpaired) electrons. The third-order valence-corrected chi connectivity index (χ3v) is 3.08. The predicted octanol–water partition coefficient (Wildman–Crippen LogP) is 2.14. The maximum absolute atomic E-state index is 5.47. The van der Waals surface area contributed by atoms with Gasteiger partial charge in [-0.25, -0.2) is 0 Å². The van der Waals surface area contributed by atoms with Gasteiger partial charge in [0, 0.05) is 37.0 Å². The van der Waals surface area contributed by atoms with Gasteiger partial charge < -0.3 is 14.8 Å². The molecule has 98 valence electrons. The quantitative estimate of drug-likeness (QED) is 0.832. The number of pyridine rings is 1. The maximum atomic E-state index is 5.47. The molecule has 1 aliphatic rings. The average molecular weight is 256 g/mol. The average Bonchev–Trinajstić information content (AvgIpc) is 2.94. The standard InChI is InChI=1S/C15H16N2O2/c1-2-8-17-13(5-1)7-9-16-10-12-4-3-6-14-15(12)19-11-18-14/h1-6,8,16H,7,9-11H2. The molecule has 1 aromatic heterocycles. The molecule has 0 amide bonds.